The summed E-state index contributed by atoms with van der Waals surface area (Å²) in [5, 5.41) is 5.99. The summed E-state index contributed by atoms with van der Waals surface area (Å²) in [4.78, 5) is 26.7. The van der Waals surface area contributed by atoms with E-state index in [0.717, 1.165) is 12.3 Å². The molecule has 11 heteroatoms. The van der Waals surface area contributed by atoms with Crippen molar-refractivity contribution in [3.05, 3.63) is 65.4 Å². The molecule has 0 spiro atoms. The van der Waals surface area contributed by atoms with Crippen LogP contribution >= 0.6 is 0 Å². The number of carbonyl (C=O) groups excluding carboxylic acids is 1. The van der Waals surface area contributed by atoms with Gasteiger partial charge in [0.05, 0.1) is 17.3 Å². The van der Waals surface area contributed by atoms with E-state index in [1.54, 1.807) is 17.9 Å². The molecule has 1 saturated heterocycles. The molecule has 0 atom stereocenters. The van der Waals surface area contributed by atoms with Crippen LogP contribution in [0.5, 0.6) is 0 Å². The van der Waals surface area contributed by atoms with Crippen LogP contribution in [0.2, 0.25) is 0 Å². The highest BCUT2D eigenvalue weighted by Crippen LogP contribution is 2.30. The lowest BCUT2D eigenvalue weighted by molar-refractivity contribution is 0.0731. The number of aryl methyl sites for hydroxylation is 1. The van der Waals surface area contributed by atoms with Crippen molar-refractivity contribution >= 4 is 28.6 Å². The van der Waals surface area contributed by atoms with Gasteiger partial charge in [-0.25, -0.2) is 28.1 Å². The number of amides is 1. The van der Waals surface area contributed by atoms with Crippen molar-refractivity contribution in [2.45, 2.75) is 26.8 Å². The molecule has 8 nitrogen and oxygen atoms in total. The second kappa shape index (κ2) is 9.81. The highest BCUT2D eigenvalue weighted by molar-refractivity contribution is 5.95. The zero-order chi connectivity index (χ0) is 26.3. The van der Waals surface area contributed by atoms with E-state index < -0.39 is 17.5 Å². The van der Waals surface area contributed by atoms with Crippen molar-refractivity contribution in [1.82, 2.24) is 29.7 Å². The summed E-state index contributed by atoms with van der Waals surface area (Å²) in [7, 11) is 0. The maximum Gasteiger partial charge on any atom is 0.256 e. The zero-order valence-electron chi connectivity index (χ0n) is 20.6. The number of anilines is 2. The first-order valence-corrected chi connectivity index (χ1v) is 12.0. The number of carbonyl (C=O) groups is 1. The van der Waals surface area contributed by atoms with Crippen molar-refractivity contribution in [1.29, 1.82) is 0 Å². The number of rotatable bonds is 5. The second-order valence-electron chi connectivity index (χ2n) is 9.20. The van der Waals surface area contributed by atoms with Crippen molar-refractivity contribution in [2.24, 2.45) is 0 Å². The quantitative estimate of drug-likeness (QED) is 0.409. The highest BCUT2D eigenvalue weighted by Gasteiger charge is 2.22. The Balaban J connectivity index is 1.44. The molecule has 0 radical (unpaired) electrons. The van der Waals surface area contributed by atoms with Crippen LogP contribution in [0.1, 0.15) is 36.1 Å². The van der Waals surface area contributed by atoms with Gasteiger partial charge in [0.1, 0.15) is 22.9 Å². The van der Waals surface area contributed by atoms with Gasteiger partial charge in [-0.3, -0.25) is 4.79 Å². The average molecular weight is 510 g/mol. The third kappa shape index (κ3) is 4.74. The largest absolute Gasteiger partial charge is 0.336 e. The number of imidazole rings is 1. The van der Waals surface area contributed by atoms with Crippen LogP contribution in [-0.2, 0) is 0 Å². The van der Waals surface area contributed by atoms with Gasteiger partial charge < -0.3 is 20.1 Å². The van der Waals surface area contributed by atoms with Crippen molar-refractivity contribution in [3.63, 3.8) is 0 Å². The molecule has 5 rings (SSSR count). The maximum absolute atomic E-state index is 14.9. The molecular formula is C26H26F3N7O. The Morgan fingerprint density at radius 2 is 1.78 bits per heavy atom. The fraction of sp³-hybridized carbons (Fsp3) is 0.308. The normalized spacial score (nSPS) is 14.0. The van der Waals surface area contributed by atoms with E-state index in [4.69, 9.17) is 0 Å². The lowest BCUT2D eigenvalue weighted by atomic mass is 10.1. The summed E-state index contributed by atoms with van der Waals surface area (Å²) in [5.41, 5.74) is 1.09. The van der Waals surface area contributed by atoms with Gasteiger partial charge in [-0.15, -0.1) is 0 Å². The molecule has 0 bridgehead atoms. The Hall–Kier alpha value is -3.99. The van der Waals surface area contributed by atoms with E-state index in [-0.39, 0.29) is 45.9 Å². The van der Waals surface area contributed by atoms with Crippen molar-refractivity contribution in [2.75, 3.05) is 31.5 Å². The number of aromatic nitrogens is 4. The first-order valence-electron chi connectivity index (χ1n) is 12.0. The predicted molar refractivity (Wildman–Crippen MR) is 134 cm³/mol. The fourth-order valence-corrected chi connectivity index (χ4v) is 4.62. The molecule has 0 unspecified atom stereocenters. The van der Waals surface area contributed by atoms with Gasteiger partial charge >= 0.3 is 0 Å². The molecule has 2 N–H and O–H groups in total. The Morgan fingerprint density at radius 3 is 2.49 bits per heavy atom. The van der Waals surface area contributed by atoms with Gasteiger partial charge in [-0.1, -0.05) is 0 Å². The molecule has 2 aromatic heterocycles. The van der Waals surface area contributed by atoms with Gasteiger partial charge in [0, 0.05) is 43.5 Å². The SMILES string of the molecule is Cc1nc2c(F)cc(-c3nc(Nc4ccc(C(=O)N5CCNCC5)c(F)c4)ncc3F)cc2n1C(C)C. The minimum Gasteiger partial charge on any atom is -0.336 e. The highest BCUT2D eigenvalue weighted by atomic mass is 19.1. The van der Waals surface area contributed by atoms with Crippen molar-refractivity contribution < 1.29 is 18.0 Å². The lowest BCUT2D eigenvalue weighted by Gasteiger charge is -2.27. The number of piperazine rings is 1. The van der Waals surface area contributed by atoms with Gasteiger partial charge in [0.15, 0.2) is 11.6 Å². The number of benzene rings is 2. The zero-order valence-corrected chi connectivity index (χ0v) is 20.6. The van der Waals surface area contributed by atoms with Crippen LogP contribution < -0.4 is 10.6 Å². The number of halogens is 3. The van der Waals surface area contributed by atoms with Crippen LogP contribution in [0.15, 0.2) is 36.5 Å². The molecular weight excluding hydrogens is 483 g/mol. The second-order valence-corrected chi connectivity index (χ2v) is 9.20. The molecule has 1 fully saturated rings. The van der Waals surface area contributed by atoms with Gasteiger partial charge in [0.25, 0.3) is 5.91 Å². The fourth-order valence-electron chi connectivity index (χ4n) is 4.62. The van der Waals surface area contributed by atoms with E-state index in [1.165, 1.54) is 18.2 Å². The third-order valence-corrected chi connectivity index (χ3v) is 6.32. The first-order chi connectivity index (χ1) is 17.7. The number of hydrogen-bond donors (Lipinski definition) is 2. The van der Waals surface area contributed by atoms with E-state index in [0.29, 0.717) is 37.5 Å². The Bertz CT molecular complexity index is 1500. The van der Waals surface area contributed by atoms with Crippen molar-refractivity contribution in [3.8, 4) is 11.3 Å². The lowest BCUT2D eigenvalue weighted by Crippen LogP contribution is -2.46. The van der Waals surface area contributed by atoms with Gasteiger partial charge in [-0.2, -0.15) is 0 Å². The van der Waals surface area contributed by atoms with E-state index in [2.05, 4.69) is 25.6 Å². The molecule has 0 aliphatic carbocycles. The molecule has 1 amide bonds. The Kier molecular flexibility index (Phi) is 6.55. The summed E-state index contributed by atoms with van der Waals surface area (Å²) in [5.74, 6) is -1.76. The maximum atomic E-state index is 14.9. The molecule has 192 valence electrons. The molecule has 4 aromatic rings. The van der Waals surface area contributed by atoms with E-state index in [9.17, 15) is 18.0 Å². The molecule has 0 saturated carbocycles. The Morgan fingerprint density at radius 1 is 1.03 bits per heavy atom. The van der Waals surface area contributed by atoms with E-state index in [1.807, 2.05) is 18.4 Å². The number of hydrogen-bond acceptors (Lipinski definition) is 6. The predicted octanol–water partition coefficient (Wildman–Crippen LogP) is 4.59. The molecule has 2 aromatic carbocycles. The van der Waals surface area contributed by atoms with E-state index >= 15 is 0 Å². The number of nitrogens with zero attached hydrogens (tertiary/aromatic N) is 5. The summed E-state index contributed by atoms with van der Waals surface area (Å²) >= 11 is 0. The number of nitrogens with one attached hydrogen (secondary N) is 2. The van der Waals surface area contributed by atoms with Gasteiger partial charge in [-0.05, 0) is 51.1 Å². The molecule has 3 heterocycles. The standard InChI is InChI=1S/C26H26F3N7O/c1-14(2)36-15(3)32-24-20(28)10-16(11-22(24)36)23-21(29)13-31-26(34-23)33-17-4-5-18(19(27)12-17)25(37)35-8-6-30-7-9-35/h4-5,10-14,30H,6-9H2,1-3H3,(H,31,33,34). The summed E-state index contributed by atoms with van der Waals surface area (Å²) in [6.45, 7) is 8.03. The topological polar surface area (TPSA) is 88.0 Å². The van der Waals surface area contributed by atoms with Crippen LogP contribution in [0.4, 0.5) is 24.8 Å². The van der Waals surface area contributed by atoms with Gasteiger partial charge in [0.2, 0.25) is 5.95 Å². The summed E-state index contributed by atoms with van der Waals surface area (Å²) < 4.78 is 46.4. The van der Waals surface area contributed by atoms with Crippen LogP contribution in [0, 0.1) is 24.4 Å². The third-order valence-electron chi connectivity index (χ3n) is 6.32. The minimum absolute atomic E-state index is 0.00830. The Labute approximate surface area is 211 Å². The number of fused-ring (bicyclic) bond motifs is 1. The minimum atomic E-state index is -0.736. The van der Waals surface area contributed by atoms with Crippen LogP contribution in [0.3, 0.4) is 0 Å². The summed E-state index contributed by atoms with van der Waals surface area (Å²) in [6, 6.07) is 6.93. The summed E-state index contributed by atoms with van der Waals surface area (Å²) in [6.07, 6.45) is 0.969. The molecule has 37 heavy (non-hydrogen) atoms. The monoisotopic (exact) mass is 509 g/mol. The van der Waals surface area contributed by atoms with Crippen LogP contribution in [0.25, 0.3) is 22.3 Å². The van der Waals surface area contributed by atoms with Crippen LogP contribution in [-0.4, -0.2) is 56.5 Å². The molecule has 1 aliphatic rings. The average Bonchev–Trinajstić information content (AvgIpc) is 3.22. The molecule has 1 aliphatic heterocycles. The smallest absolute Gasteiger partial charge is 0.256 e. The first kappa shape index (κ1) is 24.7.